The van der Waals surface area contributed by atoms with Gasteiger partial charge in [-0.3, -0.25) is 0 Å². The normalized spacial score (nSPS) is 21.4. The van der Waals surface area contributed by atoms with Crippen molar-refractivity contribution in [3.8, 4) is 0 Å². The van der Waals surface area contributed by atoms with Crippen LogP contribution in [-0.4, -0.2) is 18.3 Å². The Kier molecular flexibility index (Phi) is 1.68. The zero-order chi connectivity index (χ0) is 5.28. The third-order valence-electron chi connectivity index (χ3n) is 1.83. The van der Waals surface area contributed by atoms with Crippen LogP contribution in [-0.2, 0) is 0 Å². The fourth-order valence-electron chi connectivity index (χ4n) is 1.05. The maximum atomic E-state index is 2.49. The summed E-state index contributed by atoms with van der Waals surface area (Å²) in [5.74, 6) is 2.49. The van der Waals surface area contributed by atoms with E-state index in [1.54, 1.807) is 5.25 Å². The first kappa shape index (κ1) is 5.55. The van der Waals surface area contributed by atoms with Crippen molar-refractivity contribution in [1.82, 2.24) is 0 Å². The van der Waals surface area contributed by atoms with Crippen molar-refractivity contribution >= 4 is 18.3 Å². The molecule has 7 heavy (non-hydrogen) atoms. The predicted molar refractivity (Wildman–Crippen MR) is 36.3 cm³/mol. The first-order chi connectivity index (χ1) is 3.30. The molecule has 0 spiro atoms. The van der Waals surface area contributed by atoms with Crippen molar-refractivity contribution in [3.05, 3.63) is 0 Å². The third-order valence-corrected chi connectivity index (χ3v) is 7.73. The summed E-state index contributed by atoms with van der Waals surface area (Å²) in [6, 6.07) is 0. The Balaban J connectivity index is 2.64. The molecule has 1 aliphatic heterocycles. The van der Waals surface area contributed by atoms with Crippen LogP contribution in [0.3, 0.4) is 0 Å². The van der Waals surface area contributed by atoms with Gasteiger partial charge in [-0.1, -0.05) is 0 Å². The summed E-state index contributed by atoms with van der Waals surface area (Å²) in [6.45, 7) is 2.35. The molecule has 0 aromatic heterocycles. The van der Waals surface area contributed by atoms with Gasteiger partial charge in [0.1, 0.15) is 0 Å². The van der Waals surface area contributed by atoms with Gasteiger partial charge < -0.3 is 0 Å². The van der Waals surface area contributed by atoms with E-state index < -0.39 is 13.9 Å². The number of hydrogen-bond acceptors (Lipinski definition) is 0. The standard InChI is InChI=1S/C6H12Ge/c1-6-4-3-5-7(6)2/h3-5H2,1-2H3. The molecular formula is C6H12Ge. The van der Waals surface area contributed by atoms with Crippen LogP contribution in [0.1, 0.15) is 19.8 Å². The summed E-state index contributed by atoms with van der Waals surface area (Å²) >= 11 is -0.458. The van der Waals surface area contributed by atoms with Gasteiger partial charge in [0.25, 0.3) is 0 Å². The summed E-state index contributed by atoms with van der Waals surface area (Å²) in [5, 5.41) is 1.60. The average Bonchev–Trinajstić information content (AvgIpc) is 1.91. The Morgan fingerprint density at radius 1 is 1.57 bits per heavy atom. The van der Waals surface area contributed by atoms with Crippen molar-refractivity contribution in [2.24, 2.45) is 0 Å². The molecule has 1 rings (SSSR count). The van der Waals surface area contributed by atoms with Gasteiger partial charge in [-0.15, -0.1) is 0 Å². The molecule has 0 aromatic rings. The molecule has 0 fully saturated rings. The van der Waals surface area contributed by atoms with E-state index in [0.717, 1.165) is 0 Å². The summed E-state index contributed by atoms with van der Waals surface area (Å²) < 4.78 is 1.88. The first-order valence-corrected chi connectivity index (χ1v) is 7.59. The van der Waals surface area contributed by atoms with Gasteiger partial charge in [-0.25, -0.2) is 0 Å². The Morgan fingerprint density at radius 2 is 2.29 bits per heavy atom. The van der Waals surface area contributed by atoms with E-state index in [2.05, 4.69) is 12.7 Å². The minimum absolute atomic E-state index is 0.458. The van der Waals surface area contributed by atoms with Crippen molar-refractivity contribution < 1.29 is 0 Å². The molecule has 0 saturated carbocycles. The van der Waals surface area contributed by atoms with E-state index in [-0.39, 0.29) is 0 Å². The van der Waals surface area contributed by atoms with Crippen LogP contribution in [0, 0.1) is 0 Å². The monoisotopic (exact) mass is 158 g/mol. The number of rotatable bonds is 0. The van der Waals surface area contributed by atoms with Crippen LogP contribution in [0.25, 0.3) is 0 Å². The van der Waals surface area contributed by atoms with Gasteiger partial charge in [0.05, 0.1) is 0 Å². The molecule has 0 unspecified atom stereocenters. The molecule has 0 saturated heterocycles. The zero-order valence-corrected chi connectivity index (χ0v) is 7.22. The quantitative estimate of drug-likeness (QED) is 0.469. The van der Waals surface area contributed by atoms with Gasteiger partial charge in [-0.2, -0.15) is 0 Å². The van der Waals surface area contributed by atoms with Gasteiger partial charge in [-0.05, 0) is 0 Å². The summed E-state index contributed by atoms with van der Waals surface area (Å²) in [6.07, 6.45) is 2.98. The summed E-state index contributed by atoms with van der Waals surface area (Å²) in [4.78, 5) is 0. The first-order valence-electron chi connectivity index (χ1n) is 2.96. The van der Waals surface area contributed by atoms with Crippen molar-refractivity contribution in [1.29, 1.82) is 0 Å². The van der Waals surface area contributed by atoms with Gasteiger partial charge >= 0.3 is 49.0 Å². The second-order valence-corrected chi connectivity index (χ2v) is 8.53. The SMILES string of the molecule is C[C]1=[Ge]([CH3])[CH2]CC1. The van der Waals surface area contributed by atoms with Crippen molar-refractivity contribution in [3.63, 3.8) is 0 Å². The molecule has 0 aromatic carbocycles. The van der Waals surface area contributed by atoms with Crippen LogP contribution in [0.2, 0.25) is 11.0 Å². The van der Waals surface area contributed by atoms with Gasteiger partial charge in [0.15, 0.2) is 0 Å². The second kappa shape index (κ2) is 2.12. The van der Waals surface area contributed by atoms with Gasteiger partial charge in [0.2, 0.25) is 0 Å². The van der Waals surface area contributed by atoms with E-state index >= 15 is 0 Å². The third kappa shape index (κ3) is 1.15. The predicted octanol–water partition coefficient (Wildman–Crippen LogP) is 1.68. The summed E-state index contributed by atoms with van der Waals surface area (Å²) in [7, 11) is 0. The Bertz CT molecular complexity index is 90.7. The molecule has 0 bridgehead atoms. The van der Waals surface area contributed by atoms with Crippen LogP contribution in [0.5, 0.6) is 0 Å². The van der Waals surface area contributed by atoms with E-state index in [9.17, 15) is 0 Å². The van der Waals surface area contributed by atoms with Crippen molar-refractivity contribution in [2.75, 3.05) is 0 Å². The number of hydrogen-bond donors (Lipinski definition) is 0. The Morgan fingerprint density at radius 3 is 2.43 bits per heavy atom. The fraction of sp³-hybridized carbons (Fsp3) is 0.833. The zero-order valence-electron chi connectivity index (χ0n) is 5.12. The van der Waals surface area contributed by atoms with Crippen molar-refractivity contribution in [2.45, 2.75) is 30.8 Å². The molecule has 0 aliphatic carbocycles. The molecule has 0 nitrogen and oxygen atoms in total. The van der Waals surface area contributed by atoms with E-state index in [1.165, 1.54) is 12.8 Å². The molecule has 0 N–H and O–H groups in total. The molecule has 0 amide bonds. The second-order valence-electron chi connectivity index (χ2n) is 2.41. The van der Waals surface area contributed by atoms with E-state index in [0.29, 0.717) is 0 Å². The van der Waals surface area contributed by atoms with Crippen LogP contribution in [0.15, 0.2) is 0 Å². The van der Waals surface area contributed by atoms with Crippen LogP contribution >= 0.6 is 0 Å². The molecule has 1 heteroatoms. The van der Waals surface area contributed by atoms with Crippen LogP contribution < -0.4 is 0 Å². The average molecular weight is 157 g/mol. The Hall–Kier alpha value is 0.413. The topological polar surface area (TPSA) is 0 Å². The van der Waals surface area contributed by atoms with E-state index in [4.69, 9.17) is 0 Å². The van der Waals surface area contributed by atoms with Gasteiger partial charge in [0, 0.05) is 0 Å². The van der Waals surface area contributed by atoms with E-state index in [1.807, 2.05) is 4.35 Å². The molecule has 1 aliphatic rings. The van der Waals surface area contributed by atoms with Crippen LogP contribution in [0.4, 0.5) is 0 Å². The molecule has 1 heterocycles. The maximum absolute atomic E-state index is 2.49. The summed E-state index contributed by atoms with van der Waals surface area (Å²) in [5.41, 5.74) is 0. The molecule has 40 valence electrons. The fourth-order valence-corrected chi connectivity index (χ4v) is 4.69. The minimum atomic E-state index is -0.458. The Labute approximate surface area is 49.6 Å². The molecule has 0 radical (unpaired) electrons. The molecular weight excluding hydrogens is 145 g/mol. The molecule has 0 atom stereocenters.